The summed E-state index contributed by atoms with van der Waals surface area (Å²) in [6.45, 7) is 8.26. The highest BCUT2D eigenvalue weighted by molar-refractivity contribution is 7.91. The minimum absolute atomic E-state index is 0.347. The molecular formula is C17H27N5O2S3. The van der Waals surface area contributed by atoms with Crippen molar-refractivity contribution in [1.29, 1.82) is 0 Å². The molecule has 2 aromatic rings. The lowest BCUT2D eigenvalue weighted by atomic mass is 10.2. The molecule has 150 valence electrons. The minimum atomic E-state index is -3.42. The fraction of sp³-hybridized carbons (Fsp3) is 0.529. The van der Waals surface area contributed by atoms with Crippen molar-refractivity contribution in [1.82, 2.24) is 19.9 Å². The number of sulfonamides is 1. The normalized spacial score (nSPS) is 12.7. The van der Waals surface area contributed by atoms with E-state index in [1.165, 1.54) is 15.6 Å². The number of rotatable bonds is 9. The van der Waals surface area contributed by atoms with E-state index in [-0.39, 0.29) is 0 Å². The van der Waals surface area contributed by atoms with Gasteiger partial charge in [0, 0.05) is 32.1 Å². The number of aliphatic imine (C=N–C) groups is 1. The zero-order chi connectivity index (χ0) is 19.9. The Bertz CT molecular complexity index is 829. The molecule has 0 aliphatic carbocycles. The highest BCUT2D eigenvalue weighted by Gasteiger charge is 2.21. The second-order valence-corrected chi connectivity index (χ2v) is 10.4. The molecule has 0 unspecified atom stereocenters. The van der Waals surface area contributed by atoms with E-state index < -0.39 is 10.0 Å². The molecule has 0 spiro atoms. The Morgan fingerprint density at radius 2 is 2.11 bits per heavy atom. The lowest BCUT2D eigenvalue weighted by Crippen LogP contribution is -2.41. The molecule has 0 bridgehead atoms. The molecule has 0 fully saturated rings. The van der Waals surface area contributed by atoms with E-state index >= 15 is 0 Å². The third-order valence-corrected chi connectivity index (χ3v) is 7.84. The Labute approximate surface area is 169 Å². The van der Waals surface area contributed by atoms with Crippen molar-refractivity contribution in [2.45, 2.75) is 37.4 Å². The molecule has 0 saturated carbocycles. The zero-order valence-corrected chi connectivity index (χ0v) is 18.5. The molecule has 2 N–H and O–H groups in total. The Kier molecular flexibility index (Phi) is 8.21. The van der Waals surface area contributed by atoms with Crippen molar-refractivity contribution >= 4 is 38.7 Å². The molecule has 0 radical (unpaired) electrons. The topological polar surface area (TPSA) is 86.7 Å². The Morgan fingerprint density at radius 1 is 1.33 bits per heavy atom. The van der Waals surface area contributed by atoms with Gasteiger partial charge in [-0.25, -0.2) is 18.4 Å². The van der Waals surface area contributed by atoms with Gasteiger partial charge in [0.1, 0.15) is 9.22 Å². The summed E-state index contributed by atoms with van der Waals surface area (Å²) in [6.07, 6.45) is 0. The first-order valence-corrected chi connectivity index (χ1v) is 12.0. The van der Waals surface area contributed by atoms with Crippen molar-refractivity contribution < 1.29 is 8.42 Å². The van der Waals surface area contributed by atoms with Gasteiger partial charge in [0.15, 0.2) is 5.96 Å². The van der Waals surface area contributed by atoms with Gasteiger partial charge in [0.25, 0.3) is 10.0 Å². The van der Waals surface area contributed by atoms with Gasteiger partial charge in [-0.05, 0) is 24.3 Å². The Morgan fingerprint density at radius 3 is 2.70 bits per heavy atom. The standard InChI is InChI=1S/C17H27N5O2S3/c1-5-18-17(20-11-15-21-14(12-26-15)13(2)3)19-8-9-22(4)27(23,24)16-7-6-10-25-16/h6-7,10,12-13H,5,8-9,11H2,1-4H3,(H2,18,19,20). The number of likely N-dealkylation sites (N-methyl/N-ethyl adjacent to an activating group) is 1. The van der Waals surface area contributed by atoms with Crippen molar-refractivity contribution in [3.63, 3.8) is 0 Å². The van der Waals surface area contributed by atoms with E-state index in [0.29, 0.717) is 35.7 Å². The Balaban J connectivity index is 1.89. The van der Waals surface area contributed by atoms with E-state index in [4.69, 9.17) is 0 Å². The predicted octanol–water partition coefficient (Wildman–Crippen LogP) is 2.70. The van der Waals surface area contributed by atoms with Crippen LogP contribution in [0.1, 0.15) is 37.4 Å². The van der Waals surface area contributed by atoms with Crippen LogP contribution in [-0.4, -0.2) is 50.3 Å². The monoisotopic (exact) mass is 429 g/mol. The number of nitrogens with zero attached hydrogens (tertiary/aromatic N) is 3. The summed E-state index contributed by atoms with van der Waals surface area (Å²) >= 11 is 2.83. The molecule has 2 aromatic heterocycles. The van der Waals surface area contributed by atoms with Gasteiger partial charge < -0.3 is 10.6 Å². The summed E-state index contributed by atoms with van der Waals surface area (Å²) in [4.78, 5) is 9.12. The van der Waals surface area contributed by atoms with Gasteiger partial charge in [-0.1, -0.05) is 19.9 Å². The maximum absolute atomic E-state index is 12.4. The molecule has 2 rings (SSSR count). The molecule has 0 atom stereocenters. The molecule has 7 nitrogen and oxygen atoms in total. The average molecular weight is 430 g/mol. The molecule has 27 heavy (non-hydrogen) atoms. The van der Waals surface area contributed by atoms with Crippen molar-refractivity contribution in [2.75, 3.05) is 26.7 Å². The van der Waals surface area contributed by atoms with Crippen LogP contribution >= 0.6 is 22.7 Å². The van der Waals surface area contributed by atoms with Gasteiger partial charge in [0.2, 0.25) is 0 Å². The maximum Gasteiger partial charge on any atom is 0.252 e. The lowest BCUT2D eigenvalue weighted by Gasteiger charge is -2.17. The SMILES string of the molecule is CCNC(=NCc1nc(C(C)C)cs1)NCCN(C)S(=O)(=O)c1cccs1. The quantitative estimate of drug-likeness (QED) is 0.473. The van der Waals surface area contributed by atoms with E-state index in [1.54, 1.807) is 35.9 Å². The van der Waals surface area contributed by atoms with Crippen molar-refractivity contribution in [3.8, 4) is 0 Å². The third kappa shape index (κ3) is 6.27. The molecule has 0 amide bonds. The third-order valence-electron chi connectivity index (χ3n) is 3.76. The Hall–Kier alpha value is -1.49. The summed E-state index contributed by atoms with van der Waals surface area (Å²) in [6, 6.07) is 3.36. The van der Waals surface area contributed by atoms with E-state index in [2.05, 4.69) is 39.8 Å². The number of guanidine groups is 1. The predicted molar refractivity (Wildman–Crippen MR) is 113 cm³/mol. The first-order chi connectivity index (χ1) is 12.8. The maximum atomic E-state index is 12.4. The molecule has 10 heteroatoms. The molecule has 0 aromatic carbocycles. The summed E-state index contributed by atoms with van der Waals surface area (Å²) < 4.78 is 26.5. The zero-order valence-electron chi connectivity index (χ0n) is 16.1. The fourth-order valence-corrected chi connectivity index (χ4v) is 5.42. The molecule has 0 aliphatic rings. The highest BCUT2D eigenvalue weighted by atomic mass is 32.2. The van der Waals surface area contributed by atoms with Gasteiger partial charge in [0.05, 0.1) is 12.2 Å². The van der Waals surface area contributed by atoms with Crippen LogP contribution in [0.2, 0.25) is 0 Å². The van der Waals surface area contributed by atoms with Crippen molar-refractivity contribution in [2.24, 2.45) is 4.99 Å². The molecule has 0 aliphatic heterocycles. The second-order valence-electron chi connectivity index (χ2n) is 6.20. The number of hydrogen-bond acceptors (Lipinski definition) is 6. The number of thiophene rings is 1. The lowest BCUT2D eigenvalue weighted by molar-refractivity contribution is 0.471. The number of thiazole rings is 1. The smallest absolute Gasteiger partial charge is 0.252 e. The van der Waals surface area contributed by atoms with Gasteiger partial charge in [-0.3, -0.25) is 0 Å². The number of hydrogen-bond donors (Lipinski definition) is 2. The second kappa shape index (κ2) is 10.2. The largest absolute Gasteiger partial charge is 0.357 e. The summed E-state index contributed by atoms with van der Waals surface area (Å²) in [5.41, 5.74) is 1.09. The van der Waals surface area contributed by atoms with Crippen LogP contribution in [0.15, 0.2) is 32.1 Å². The van der Waals surface area contributed by atoms with Gasteiger partial charge in [-0.2, -0.15) is 4.31 Å². The van der Waals surface area contributed by atoms with Crippen LogP contribution in [0.4, 0.5) is 0 Å². The molecular weight excluding hydrogens is 402 g/mol. The van der Waals surface area contributed by atoms with Crippen LogP contribution in [0, 0.1) is 0 Å². The average Bonchev–Trinajstić information content (AvgIpc) is 3.31. The first kappa shape index (κ1) is 21.8. The van der Waals surface area contributed by atoms with Crippen LogP contribution in [0.5, 0.6) is 0 Å². The van der Waals surface area contributed by atoms with Crippen LogP contribution < -0.4 is 10.6 Å². The van der Waals surface area contributed by atoms with Crippen LogP contribution in [0.3, 0.4) is 0 Å². The van der Waals surface area contributed by atoms with Crippen LogP contribution in [0.25, 0.3) is 0 Å². The fourth-order valence-electron chi connectivity index (χ4n) is 2.17. The summed E-state index contributed by atoms with van der Waals surface area (Å²) in [5, 5.41) is 11.2. The number of aromatic nitrogens is 1. The van der Waals surface area contributed by atoms with Gasteiger partial charge in [-0.15, -0.1) is 22.7 Å². The first-order valence-electron chi connectivity index (χ1n) is 8.81. The number of nitrogens with one attached hydrogen (secondary N) is 2. The van der Waals surface area contributed by atoms with Crippen molar-refractivity contribution in [3.05, 3.63) is 33.6 Å². The van der Waals surface area contributed by atoms with E-state index in [9.17, 15) is 8.42 Å². The minimum Gasteiger partial charge on any atom is -0.357 e. The van der Waals surface area contributed by atoms with E-state index in [0.717, 1.165) is 17.2 Å². The summed E-state index contributed by atoms with van der Waals surface area (Å²) in [5.74, 6) is 1.06. The summed E-state index contributed by atoms with van der Waals surface area (Å²) in [7, 11) is -1.84. The van der Waals surface area contributed by atoms with E-state index in [1.807, 2.05) is 6.92 Å². The molecule has 0 saturated heterocycles. The van der Waals surface area contributed by atoms with Crippen LogP contribution in [-0.2, 0) is 16.6 Å². The highest BCUT2D eigenvalue weighted by Crippen LogP contribution is 2.19. The van der Waals surface area contributed by atoms with Gasteiger partial charge >= 0.3 is 0 Å². The molecule has 2 heterocycles.